The molecule has 114 valence electrons. The van der Waals surface area contributed by atoms with E-state index in [0.717, 1.165) is 35.3 Å². The molecule has 1 atom stereocenters. The Labute approximate surface area is 133 Å². The third-order valence-electron chi connectivity index (χ3n) is 3.28. The van der Waals surface area contributed by atoms with Crippen LogP contribution in [0.15, 0.2) is 28.9 Å². The van der Waals surface area contributed by atoms with Crippen molar-refractivity contribution in [2.45, 2.75) is 25.8 Å². The van der Waals surface area contributed by atoms with Gasteiger partial charge in [0.15, 0.2) is 0 Å². The smallest absolute Gasteiger partial charge is 0.119 e. The van der Waals surface area contributed by atoms with Gasteiger partial charge >= 0.3 is 0 Å². The minimum atomic E-state index is 0.172. The predicted octanol–water partition coefficient (Wildman–Crippen LogP) is 2.87. The quantitative estimate of drug-likeness (QED) is 0.832. The standard InChI is InChI=1S/C15H21BrN4O/c1-4-7-17-15(8-11-10-20(2)19-18-11)13-9-12(21-3)5-6-14(13)16/h5-6,9-10,15,17H,4,7-8H2,1-3H3. The van der Waals surface area contributed by atoms with Gasteiger partial charge < -0.3 is 10.1 Å². The topological polar surface area (TPSA) is 52.0 Å². The third kappa shape index (κ3) is 4.28. The molecule has 0 amide bonds. The molecule has 0 fully saturated rings. The lowest BCUT2D eigenvalue weighted by Gasteiger charge is -2.20. The zero-order valence-electron chi connectivity index (χ0n) is 12.6. The molecule has 6 heteroatoms. The van der Waals surface area contributed by atoms with E-state index < -0.39 is 0 Å². The molecular weight excluding hydrogens is 332 g/mol. The van der Waals surface area contributed by atoms with E-state index in [2.05, 4.69) is 44.5 Å². The van der Waals surface area contributed by atoms with E-state index in [9.17, 15) is 0 Å². The van der Waals surface area contributed by atoms with Crippen LogP contribution in [0, 0.1) is 0 Å². The number of aromatic nitrogens is 3. The van der Waals surface area contributed by atoms with Crippen LogP contribution in [0.4, 0.5) is 0 Å². The van der Waals surface area contributed by atoms with Gasteiger partial charge in [-0.25, -0.2) is 0 Å². The van der Waals surface area contributed by atoms with Crippen molar-refractivity contribution in [2.24, 2.45) is 7.05 Å². The summed E-state index contributed by atoms with van der Waals surface area (Å²) in [6, 6.07) is 6.21. The van der Waals surface area contributed by atoms with E-state index in [1.165, 1.54) is 5.56 Å². The minimum absolute atomic E-state index is 0.172. The molecule has 0 saturated carbocycles. The SMILES string of the molecule is CCCNC(Cc1cn(C)nn1)c1cc(OC)ccc1Br. The lowest BCUT2D eigenvalue weighted by Crippen LogP contribution is -2.24. The van der Waals surface area contributed by atoms with Crippen molar-refractivity contribution in [3.63, 3.8) is 0 Å². The van der Waals surface area contributed by atoms with E-state index in [1.54, 1.807) is 11.8 Å². The zero-order valence-corrected chi connectivity index (χ0v) is 14.2. The van der Waals surface area contributed by atoms with Gasteiger partial charge in [0.2, 0.25) is 0 Å². The maximum atomic E-state index is 5.34. The highest BCUT2D eigenvalue weighted by Crippen LogP contribution is 2.29. The van der Waals surface area contributed by atoms with Gasteiger partial charge in [0.25, 0.3) is 0 Å². The van der Waals surface area contributed by atoms with Crippen molar-refractivity contribution in [3.8, 4) is 5.75 Å². The number of nitrogens with zero attached hydrogens (tertiary/aromatic N) is 3. The summed E-state index contributed by atoms with van der Waals surface area (Å²) in [5.41, 5.74) is 2.15. The molecule has 1 N–H and O–H groups in total. The number of benzene rings is 1. The van der Waals surface area contributed by atoms with Gasteiger partial charge in [0.1, 0.15) is 5.75 Å². The summed E-state index contributed by atoms with van der Waals surface area (Å²) in [6.45, 7) is 3.11. The first-order chi connectivity index (χ1) is 10.1. The fourth-order valence-corrected chi connectivity index (χ4v) is 2.75. The Bertz CT molecular complexity index is 585. The number of methoxy groups -OCH3 is 1. The number of ether oxygens (including phenoxy) is 1. The predicted molar refractivity (Wildman–Crippen MR) is 86.4 cm³/mol. The normalized spacial score (nSPS) is 12.4. The number of hydrogen-bond acceptors (Lipinski definition) is 4. The molecule has 0 saturated heterocycles. The second-order valence-corrected chi connectivity index (χ2v) is 5.84. The van der Waals surface area contributed by atoms with Crippen LogP contribution in [-0.4, -0.2) is 28.6 Å². The number of aryl methyl sites for hydroxylation is 1. The monoisotopic (exact) mass is 352 g/mol. The van der Waals surface area contributed by atoms with Gasteiger partial charge in [0, 0.05) is 30.2 Å². The summed E-state index contributed by atoms with van der Waals surface area (Å²) in [5, 5.41) is 11.8. The molecule has 0 spiro atoms. The Balaban J connectivity index is 2.26. The maximum absolute atomic E-state index is 5.34. The molecular formula is C15H21BrN4O. The second kappa shape index (κ2) is 7.56. The van der Waals surface area contributed by atoms with Crippen LogP contribution in [0.2, 0.25) is 0 Å². The Hall–Kier alpha value is -1.40. The Morgan fingerprint density at radius 2 is 2.24 bits per heavy atom. The first kappa shape index (κ1) is 16.0. The summed E-state index contributed by atoms with van der Waals surface area (Å²) in [7, 11) is 3.57. The van der Waals surface area contributed by atoms with E-state index in [-0.39, 0.29) is 6.04 Å². The molecule has 0 radical (unpaired) electrons. The van der Waals surface area contributed by atoms with Crippen molar-refractivity contribution < 1.29 is 4.74 Å². The van der Waals surface area contributed by atoms with Crippen molar-refractivity contribution in [2.75, 3.05) is 13.7 Å². The Morgan fingerprint density at radius 1 is 1.43 bits per heavy atom. The average Bonchev–Trinajstić information content (AvgIpc) is 2.89. The van der Waals surface area contributed by atoms with Crippen LogP contribution < -0.4 is 10.1 Å². The first-order valence-corrected chi connectivity index (χ1v) is 7.85. The lowest BCUT2D eigenvalue weighted by atomic mass is 10.0. The summed E-state index contributed by atoms with van der Waals surface area (Å²) < 4.78 is 8.14. The fraction of sp³-hybridized carbons (Fsp3) is 0.467. The summed E-state index contributed by atoms with van der Waals surface area (Å²) in [6.07, 6.45) is 3.83. The molecule has 1 aromatic heterocycles. The molecule has 0 aliphatic rings. The molecule has 5 nitrogen and oxygen atoms in total. The van der Waals surface area contributed by atoms with E-state index in [1.807, 2.05) is 25.4 Å². The second-order valence-electron chi connectivity index (χ2n) is 4.98. The van der Waals surface area contributed by atoms with Crippen LogP contribution in [0.5, 0.6) is 5.75 Å². The summed E-state index contributed by atoms with van der Waals surface area (Å²) in [4.78, 5) is 0. The highest BCUT2D eigenvalue weighted by Gasteiger charge is 2.17. The number of rotatable bonds is 7. The average molecular weight is 353 g/mol. The van der Waals surface area contributed by atoms with E-state index in [4.69, 9.17) is 4.74 Å². The van der Waals surface area contributed by atoms with Gasteiger partial charge in [0.05, 0.1) is 12.8 Å². The zero-order chi connectivity index (χ0) is 15.2. The Kier molecular flexibility index (Phi) is 5.76. The first-order valence-electron chi connectivity index (χ1n) is 7.06. The van der Waals surface area contributed by atoms with Crippen LogP contribution in [0.25, 0.3) is 0 Å². The van der Waals surface area contributed by atoms with E-state index >= 15 is 0 Å². The van der Waals surface area contributed by atoms with Gasteiger partial charge in [-0.3, -0.25) is 4.68 Å². The van der Waals surface area contributed by atoms with Crippen molar-refractivity contribution in [3.05, 3.63) is 40.1 Å². The molecule has 1 aromatic carbocycles. The van der Waals surface area contributed by atoms with Crippen LogP contribution in [0.1, 0.15) is 30.6 Å². The molecule has 21 heavy (non-hydrogen) atoms. The number of nitrogens with one attached hydrogen (secondary N) is 1. The van der Waals surface area contributed by atoms with E-state index in [0.29, 0.717) is 0 Å². The highest BCUT2D eigenvalue weighted by atomic mass is 79.9. The molecule has 0 bridgehead atoms. The molecule has 2 aromatic rings. The van der Waals surface area contributed by atoms with Crippen molar-refractivity contribution >= 4 is 15.9 Å². The highest BCUT2D eigenvalue weighted by molar-refractivity contribution is 9.10. The number of hydrogen-bond donors (Lipinski definition) is 1. The summed E-state index contributed by atoms with van der Waals surface area (Å²) >= 11 is 3.63. The largest absolute Gasteiger partial charge is 0.497 e. The van der Waals surface area contributed by atoms with Crippen LogP contribution in [-0.2, 0) is 13.5 Å². The van der Waals surface area contributed by atoms with Crippen LogP contribution in [0.3, 0.4) is 0 Å². The molecule has 0 aliphatic carbocycles. The number of halogens is 1. The van der Waals surface area contributed by atoms with Crippen molar-refractivity contribution in [1.82, 2.24) is 20.3 Å². The van der Waals surface area contributed by atoms with Gasteiger partial charge in [-0.2, -0.15) is 0 Å². The molecule has 1 unspecified atom stereocenters. The molecule has 1 heterocycles. The third-order valence-corrected chi connectivity index (χ3v) is 4.00. The Morgan fingerprint density at radius 3 is 2.86 bits per heavy atom. The fourth-order valence-electron chi connectivity index (χ4n) is 2.22. The van der Waals surface area contributed by atoms with Crippen LogP contribution >= 0.6 is 15.9 Å². The summed E-state index contributed by atoms with van der Waals surface area (Å²) in [5.74, 6) is 0.857. The van der Waals surface area contributed by atoms with Gasteiger partial charge in [-0.15, -0.1) is 5.10 Å². The lowest BCUT2D eigenvalue weighted by molar-refractivity contribution is 0.412. The minimum Gasteiger partial charge on any atom is -0.497 e. The van der Waals surface area contributed by atoms with Crippen molar-refractivity contribution in [1.29, 1.82) is 0 Å². The van der Waals surface area contributed by atoms with Gasteiger partial charge in [-0.05, 0) is 36.7 Å². The van der Waals surface area contributed by atoms with Gasteiger partial charge in [-0.1, -0.05) is 28.1 Å². The molecule has 0 aliphatic heterocycles. The molecule has 2 rings (SSSR count). The maximum Gasteiger partial charge on any atom is 0.119 e.